The Hall–Kier alpha value is -1.32. The topological polar surface area (TPSA) is 41.1 Å². The van der Waals surface area contributed by atoms with Crippen LogP contribution in [-0.2, 0) is 11.2 Å². The number of nitrogens with one attached hydrogen (secondary N) is 2. The van der Waals surface area contributed by atoms with Gasteiger partial charge in [0.1, 0.15) is 0 Å². The van der Waals surface area contributed by atoms with Gasteiger partial charge < -0.3 is 10.6 Å². The highest BCUT2D eigenvalue weighted by Gasteiger charge is 2.31. The van der Waals surface area contributed by atoms with E-state index < -0.39 is 0 Å². The van der Waals surface area contributed by atoms with E-state index in [9.17, 15) is 4.79 Å². The molecule has 0 bridgehead atoms. The lowest BCUT2D eigenvalue weighted by Gasteiger charge is -2.29. The number of carbonyl (C=O) groups is 1. The predicted molar refractivity (Wildman–Crippen MR) is 78.7 cm³/mol. The van der Waals surface area contributed by atoms with Crippen molar-refractivity contribution in [3.8, 4) is 0 Å². The Morgan fingerprint density at radius 2 is 2.21 bits per heavy atom. The van der Waals surface area contributed by atoms with Gasteiger partial charge in [0.2, 0.25) is 5.91 Å². The second-order valence-electron chi connectivity index (χ2n) is 4.99. The van der Waals surface area contributed by atoms with Gasteiger partial charge in [-0.2, -0.15) is 0 Å². The minimum absolute atomic E-state index is 0. The third-order valence-electron chi connectivity index (χ3n) is 3.82. The van der Waals surface area contributed by atoms with Gasteiger partial charge in [0, 0.05) is 13.1 Å². The average Bonchev–Trinajstić information content (AvgIpc) is 2.39. The van der Waals surface area contributed by atoms with Crippen molar-refractivity contribution in [1.82, 2.24) is 10.6 Å². The molecule has 102 valence electrons. The standard InChI is InChI=1S/C15H18N2O.ClH/c18-15(17-10-11-5-7-16-8-6-11)14-9-12-3-1-2-4-13(12)14;/h1-5,14,16H,6-10H2,(H,17,18);1H. The molecule has 1 aromatic rings. The molecule has 1 amide bonds. The third kappa shape index (κ3) is 2.99. The number of hydrogen-bond donors (Lipinski definition) is 2. The number of fused-ring (bicyclic) bond motifs is 1. The number of halogens is 1. The number of benzene rings is 1. The zero-order chi connectivity index (χ0) is 12.4. The zero-order valence-corrected chi connectivity index (χ0v) is 11.6. The molecule has 1 heterocycles. The van der Waals surface area contributed by atoms with Crippen LogP contribution in [0.25, 0.3) is 0 Å². The van der Waals surface area contributed by atoms with Crippen molar-refractivity contribution in [2.45, 2.75) is 18.8 Å². The lowest BCUT2D eigenvalue weighted by molar-refractivity contribution is -0.122. The summed E-state index contributed by atoms with van der Waals surface area (Å²) in [5, 5.41) is 6.33. The largest absolute Gasteiger partial charge is 0.352 e. The Morgan fingerprint density at radius 3 is 2.95 bits per heavy atom. The van der Waals surface area contributed by atoms with E-state index in [1.54, 1.807) is 0 Å². The van der Waals surface area contributed by atoms with Gasteiger partial charge in [-0.1, -0.05) is 35.9 Å². The summed E-state index contributed by atoms with van der Waals surface area (Å²) < 4.78 is 0. The summed E-state index contributed by atoms with van der Waals surface area (Å²) in [4.78, 5) is 12.1. The number of hydrogen-bond acceptors (Lipinski definition) is 2. The number of carbonyl (C=O) groups excluding carboxylic acids is 1. The molecule has 0 saturated carbocycles. The van der Waals surface area contributed by atoms with E-state index in [0.29, 0.717) is 6.54 Å². The van der Waals surface area contributed by atoms with E-state index in [0.717, 1.165) is 25.9 Å². The first-order valence-corrected chi connectivity index (χ1v) is 6.59. The zero-order valence-electron chi connectivity index (χ0n) is 10.8. The van der Waals surface area contributed by atoms with Gasteiger partial charge in [0.15, 0.2) is 0 Å². The smallest absolute Gasteiger partial charge is 0.228 e. The van der Waals surface area contributed by atoms with Crippen LogP contribution in [-0.4, -0.2) is 25.5 Å². The quantitative estimate of drug-likeness (QED) is 0.828. The number of amides is 1. The van der Waals surface area contributed by atoms with Gasteiger partial charge in [-0.25, -0.2) is 0 Å². The van der Waals surface area contributed by atoms with Gasteiger partial charge in [-0.3, -0.25) is 4.79 Å². The van der Waals surface area contributed by atoms with E-state index in [2.05, 4.69) is 28.8 Å². The summed E-state index contributed by atoms with van der Waals surface area (Å²) in [5.41, 5.74) is 3.86. The minimum atomic E-state index is 0. The maximum absolute atomic E-state index is 12.1. The van der Waals surface area contributed by atoms with Crippen LogP contribution in [0.5, 0.6) is 0 Å². The van der Waals surface area contributed by atoms with Crippen LogP contribution >= 0.6 is 12.4 Å². The molecule has 0 fully saturated rings. The fourth-order valence-corrected chi connectivity index (χ4v) is 2.65. The fraction of sp³-hybridized carbons (Fsp3) is 0.400. The maximum Gasteiger partial charge on any atom is 0.228 e. The maximum atomic E-state index is 12.1. The molecule has 0 saturated heterocycles. The van der Waals surface area contributed by atoms with Gasteiger partial charge in [-0.05, 0) is 30.5 Å². The minimum Gasteiger partial charge on any atom is -0.352 e. The van der Waals surface area contributed by atoms with E-state index in [-0.39, 0.29) is 24.2 Å². The fourth-order valence-electron chi connectivity index (χ4n) is 2.65. The van der Waals surface area contributed by atoms with Gasteiger partial charge in [-0.15, -0.1) is 12.4 Å². The predicted octanol–water partition coefficient (Wildman–Crippen LogP) is 1.78. The second-order valence-corrected chi connectivity index (χ2v) is 4.99. The van der Waals surface area contributed by atoms with Crippen molar-refractivity contribution in [1.29, 1.82) is 0 Å². The van der Waals surface area contributed by atoms with Gasteiger partial charge >= 0.3 is 0 Å². The van der Waals surface area contributed by atoms with Crippen LogP contribution in [0, 0.1) is 0 Å². The van der Waals surface area contributed by atoms with Gasteiger partial charge in [0.05, 0.1) is 5.92 Å². The van der Waals surface area contributed by atoms with E-state index in [4.69, 9.17) is 0 Å². The summed E-state index contributed by atoms with van der Waals surface area (Å²) in [5.74, 6) is 0.247. The van der Waals surface area contributed by atoms with E-state index >= 15 is 0 Å². The van der Waals surface area contributed by atoms with E-state index in [1.165, 1.54) is 16.7 Å². The Kier molecular flexibility index (Phi) is 4.61. The highest BCUT2D eigenvalue weighted by molar-refractivity contribution is 5.87. The molecule has 3 rings (SSSR count). The molecule has 4 heteroatoms. The first-order chi connectivity index (χ1) is 8.84. The molecule has 19 heavy (non-hydrogen) atoms. The van der Waals surface area contributed by atoms with Crippen molar-refractivity contribution < 1.29 is 4.79 Å². The summed E-state index contributed by atoms with van der Waals surface area (Å²) in [6, 6.07) is 8.21. The molecule has 1 aliphatic heterocycles. The molecule has 1 unspecified atom stereocenters. The third-order valence-corrected chi connectivity index (χ3v) is 3.82. The Balaban J connectivity index is 0.00000133. The summed E-state index contributed by atoms with van der Waals surface area (Å²) in [7, 11) is 0. The SMILES string of the molecule is Cl.O=C(NCC1=CCNCC1)C1Cc2ccccc21. The van der Waals surface area contributed by atoms with Crippen molar-refractivity contribution in [2.75, 3.05) is 19.6 Å². The normalized spacial score (nSPS) is 20.4. The molecule has 1 aromatic carbocycles. The van der Waals surface area contributed by atoms with Crippen LogP contribution in [0.1, 0.15) is 23.5 Å². The average molecular weight is 279 g/mol. The molecule has 0 spiro atoms. The Labute approximate surface area is 119 Å². The van der Waals surface area contributed by atoms with Crippen LogP contribution in [0.15, 0.2) is 35.9 Å². The Bertz CT molecular complexity index is 499. The van der Waals surface area contributed by atoms with E-state index in [1.807, 2.05) is 12.1 Å². The van der Waals surface area contributed by atoms with Crippen molar-refractivity contribution >= 4 is 18.3 Å². The molecular formula is C15H19ClN2O. The van der Waals surface area contributed by atoms with Crippen molar-refractivity contribution in [2.24, 2.45) is 0 Å². The first-order valence-electron chi connectivity index (χ1n) is 6.59. The Morgan fingerprint density at radius 1 is 1.37 bits per heavy atom. The number of rotatable bonds is 3. The molecule has 3 nitrogen and oxygen atoms in total. The molecule has 2 aliphatic rings. The monoisotopic (exact) mass is 278 g/mol. The molecule has 0 radical (unpaired) electrons. The van der Waals surface area contributed by atoms with Crippen LogP contribution in [0.4, 0.5) is 0 Å². The summed E-state index contributed by atoms with van der Waals surface area (Å²) in [6.07, 6.45) is 4.11. The molecule has 0 aromatic heterocycles. The first kappa shape index (κ1) is 14.1. The lowest BCUT2D eigenvalue weighted by Crippen LogP contribution is -2.37. The lowest BCUT2D eigenvalue weighted by atomic mass is 9.77. The molecule has 1 atom stereocenters. The molecule has 1 aliphatic carbocycles. The van der Waals surface area contributed by atoms with Crippen molar-refractivity contribution in [3.05, 3.63) is 47.0 Å². The van der Waals surface area contributed by atoms with Crippen LogP contribution in [0.3, 0.4) is 0 Å². The molecule has 2 N–H and O–H groups in total. The summed E-state index contributed by atoms with van der Waals surface area (Å²) >= 11 is 0. The highest BCUT2D eigenvalue weighted by atomic mass is 35.5. The summed E-state index contributed by atoms with van der Waals surface area (Å²) in [6.45, 7) is 2.66. The van der Waals surface area contributed by atoms with Crippen LogP contribution in [0.2, 0.25) is 0 Å². The van der Waals surface area contributed by atoms with Crippen molar-refractivity contribution in [3.63, 3.8) is 0 Å². The second kappa shape index (κ2) is 6.22. The van der Waals surface area contributed by atoms with Gasteiger partial charge in [0.25, 0.3) is 0 Å². The molecular weight excluding hydrogens is 260 g/mol. The van der Waals surface area contributed by atoms with Crippen LogP contribution < -0.4 is 10.6 Å². The highest BCUT2D eigenvalue weighted by Crippen LogP contribution is 2.34.